The van der Waals surface area contributed by atoms with Crippen molar-refractivity contribution in [2.75, 3.05) is 0 Å². The van der Waals surface area contributed by atoms with Crippen LogP contribution in [0, 0.1) is 0 Å². The first-order chi connectivity index (χ1) is 10.2. The largest absolute Gasteiger partial charge is 0.405 e. The number of rotatable bonds is 1. The van der Waals surface area contributed by atoms with Crippen LogP contribution in [0.15, 0.2) is 45.9 Å². The van der Waals surface area contributed by atoms with Gasteiger partial charge in [0, 0.05) is 10.0 Å². The number of aliphatic imine (C=N–C) groups is 1. The lowest BCUT2D eigenvalue weighted by atomic mass is 10.00. The third-order valence-electron chi connectivity index (χ3n) is 4.36. The van der Waals surface area contributed by atoms with Crippen LogP contribution in [0.3, 0.4) is 0 Å². The summed E-state index contributed by atoms with van der Waals surface area (Å²) in [6, 6.07) is 12.2. The molecule has 0 amide bonds. The van der Waals surface area contributed by atoms with Gasteiger partial charge in [-0.25, -0.2) is 9.79 Å². The van der Waals surface area contributed by atoms with Gasteiger partial charge in [0.15, 0.2) is 5.54 Å². The van der Waals surface area contributed by atoms with Crippen molar-refractivity contribution in [2.24, 2.45) is 4.99 Å². The molecule has 1 aliphatic carbocycles. The van der Waals surface area contributed by atoms with E-state index < -0.39 is 5.54 Å². The molecule has 1 spiro atoms. The molecule has 3 nitrogen and oxygen atoms in total. The van der Waals surface area contributed by atoms with E-state index in [0.29, 0.717) is 5.90 Å². The molecule has 0 bridgehead atoms. The molecule has 2 aliphatic rings. The summed E-state index contributed by atoms with van der Waals surface area (Å²) in [6.07, 6.45) is 3.74. The van der Waals surface area contributed by atoms with Crippen molar-refractivity contribution in [3.8, 4) is 0 Å². The summed E-state index contributed by atoms with van der Waals surface area (Å²) in [5.41, 5.74) is 0.284. The molecule has 1 heterocycles. The summed E-state index contributed by atoms with van der Waals surface area (Å²) in [6.45, 7) is 0. The number of carbonyl (C=O) groups is 1. The summed E-state index contributed by atoms with van der Waals surface area (Å²) >= 11 is 3.47. The Hall–Kier alpha value is -1.68. The van der Waals surface area contributed by atoms with E-state index in [1.54, 1.807) is 0 Å². The van der Waals surface area contributed by atoms with Gasteiger partial charge in [0.25, 0.3) is 0 Å². The summed E-state index contributed by atoms with van der Waals surface area (Å²) in [7, 11) is 0. The van der Waals surface area contributed by atoms with Crippen LogP contribution in [0.5, 0.6) is 0 Å². The lowest BCUT2D eigenvalue weighted by Gasteiger charge is -2.12. The number of nitrogens with zero attached hydrogens (tertiary/aromatic N) is 1. The minimum absolute atomic E-state index is 0.175. The van der Waals surface area contributed by atoms with Gasteiger partial charge in [0.2, 0.25) is 5.90 Å². The van der Waals surface area contributed by atoms with Crippen molar-refractivity contribution in [3.05, 3.63) is 46.4 Å². The van der Waals surface area contributed by atoms with Gasteiger partial charge in [-0.1, -0.05) is 40.9 Å². The van der Waals surface area contributed by atoms with Gasteiger partial charge in [-0.15, -0.1) is 0 Å². The molecule has 4 rings (SSSR count). The molecule has 0 saturated heterocycles. The quantitative estimate of drug-likeness (QED) is 0.727. The molecule has 0 radical (unpaired) electrons. The molecule has 4 heteroatoms. The van der Waals surface area contributed by atoms with Crippen molar-refractivity contribution < 1.29 is 9.53 Å². The predicted octanol–water partition coefficient (Wildman–Crippen LogP) is 4.22. The van der Waals surface area contributed by atoms with Crippen LogP contribution in [0.4, 0.5) is 0 Å². The first-order valence-electron chi connectivity index (χ1n) is 7.18. The zero-order valence-electron chi connectivity index (χ0n) is 11.4. The predicted molar refractivity (Wildman–Crippen MR) is 85.5 cm³/mol. The molecular formula is C17H14BrNO2. The Kier molecular flexibility index (Phi) is 2.89. The van der Waals surface area contributed by atoms with Crippen LogP contribution in [-0.4, -0.2) is 17.4 Å². The number of ether oxygens (including phenoxy) is 1. The number of esters is 1. The number of fused-ring (bicyclic) bond motifs is 1. The van der Waals surface area contributed by atoms with Crippen molar-refractivity contribution in [1.29, 1.82) is 0 Å². The molecule has 0 unspecified atom stereocenters. The van der Waals surface area contributed by atoms with Gasteiger partial charge < -0.3 is 4.74 Å². The second-order valence-electron chi connectivity index (χ2n) is 5.75. The Morgan fingerprint density at radius 2 is 1.76 bits per heavy atom. The number of halogens is 1. The highest BCUT2D eigenvalue weighted by atomic mass is 79.9. The van der Waals surface area contributed by atoms with Crippen LogP contribution in [-0.2, 0) is 9.53 Å². The van der Waals surface area contributed by atoms with E-state index >= 15 is 0 Å². The highest BCUT2D eigenvalue weighted by Crippen LogP contribution is 2.38. The monoisotopic (exact) mass is 343 g/mol. The van der Waals surface area contributed by atoms with E-state index in [0.717, 1.165) is 46.5 Å². The third-order valence-corrected chi connectivity index (χ3v) is 4.86. The standard InChI is InChI=1S/C17H14BrNO2/c18-14-6-5-11-9-13(4-3-12(11)10-14)15-19-17(16(20)21-15)7-1-2-8-17/h3-6,9-10H,1-2,7-8H2. The SMILES string of the molecule is O=C1OC(c2ccc3cc(Br)ccc3c2)=NC12CCCC2. The van der Waals surface area contributed by atoms with Gasteiger partial charge in [-0.05, 0) is 47.9 Å². The highest BCUT2D eigenvalue weighted by Gasteiger charge is 2.48. The Morgan fingerprint density at radius 3 is 2.57 bits per heavy atom. The maximum Gasteiger partial charge on any atom is 0.340 e. The number of hydrogen-bond donors (Lipinski definition) is 0. The van der Waals surface area contributed by atoms with E-state index in [1.165, 1.54) is 0 Å². The zero-order chi connectivity index (χ0) is 14.4. The van der Waals surface area contributed by atoms with E-state index in [-0.39, 0.29) is 5.97 Å². The second-order valence-corrected chi connectivity index (χ2v) is 6.67. The van der Waals surface area contributed by atoms with Gasteiger partial charge in [-0.2, -0.15) is 0 Å². The molecule has 1 fully saturated rings. The minimum Gasteiger partial charge on any atom is -0.405 e. The van der Waals surface area contributed by atoms with E-state index in [4.69, 9.17) is 4.74 Å². The minimum atomic E-state index is -0.593. The number of benzene rings is 2. The Bertz CT molecular complexity index is 775. The Balaban J connectivity index is 1.77. The molecule has 0 atom stereocenters. The first kappa shape index (κ1) is 13.0. The van der Waals surface area contributed by atoms with Crippen LogP contribution in [0.1, 0.15) is 31.2 Å². The molecule has 1 saturated carbocycles. The van der Waals surface area contributed by atoms with Gasteiger partial charge in [0.05, 0.1) is 0 Å². The van der Waals surface area contributed by atoms with E-state index in [2.05, 4.69) is 27.0 Å². The van der Waals surface area contributed by atoms with Gasteiger partial charge in [-0.3, -0.25) is 0 Å². The average Bonchev–Trinajstić information content (AvgIpc) is 3.07. The van der Waals surface area contributed by atoms with Gasteiger partial charge >= 0.3 is 5.97 Å². The van der Waals surface area contributed by atoms with Crippen LogP contribution in [0.25, 0.3) is 10.8 Å². The zero-order valence-corrected chi connectivity index (χ0v) is 13.0. The summed E-state index contributed by atoms with van der Waals surface area (Å²) < 4.78 is 6.51. The number of cyclic esters (lactones) is 1. The van der Waals surface area contributed by atoms with Crippen LogP contribution in [0.2, 0.25) is 0 Å². The van der Waals surface area contributed by atoms with Gasteiger partial charge in [0.1, 0.15) is 0 Å². The number of carbonyl (C=O) groups excluding carboxylic acids is 1. The van der Waals surface area contributed by atoms with Crippen molar-refractivity contribution in [1.82, 2.24) is 0 Å². The second kappa shape index (κ2) is 4.67. The maximum absolute atomic E-state index is 12.1. The third kappa shape index (κ3) is 2.09. The van der Waals surface area contributed by atoms with Crippen LogP contribution < -0.4 is 0 Å². The highest BCUT2D eigenvalue weighted by molar-refractivity contribution is 9.10. The van der Waals surface area contributed by atoms with Crippen molar-refractivity contribution in [3.63, 3.8) is 0 Å². The van der Waals surface area contributed by atoms with Crippen molar-refractivity contribution in [2.45, 2.75) is 31.2 Å². The molecule has 21 heavy (non-hydrogen) atoms. The fraction of sp³-hybridized carbons (Fsp3) is 0.294. The molecule has 2 aromatic rings. The molecule has 0 aromatic heterocycles. The fourth-order valence-corrected chi connectivity index (χ4v) is 3.57. The molecule has 0 N–H and O–H groups in total. The Morgan fingerprint density at radius 1 is 1.05 bits per heavy atom. The molecule has 2 aromatic carbocycles. The lowest BCUT2D eigenvalue weighted by molar-refractivity contribution is -0.138. The summed E-state index contributed by atoms with van der Waals surface area (Å²) in [5, 5.41) is 2.26. The summed E-state index contributed by atoms with van der Waals surface area (Å²) in [4.78, 5) is 16.8. The smallest absolute Gasteiger partial charge is 0.340 e. The maximum atomic E-state index is 12.1. The van der Waals surface area contributed by atoms with E-state index in [1.807, 2.05) is 30.3 Å². The summed E-state index contributed by atoms with van der Waals surface area (Å²) in [5.74, 6) is 0.303. The molecule has 1 aliphatic heterocycles. The fourth-order valence-electron chi connectivity index (χ4n) is 3.19. The molecule has 106 valence electrons. The lowest BCUT2D eigenvalue weighted by Crippen LogP contribution is -2.29. The molecular weight excluding hydrogens is 330 g/mol. The topological polar surface area (TPSA) is 38.7 Å². The Labute approximate surface area is 131 Å². The normalized spacial score (nSPS) is 20.0. The average molecular weight is 344 g/mol. The van der Waals surface area contributed by atoms with Crippen molar-refractivity contribution >= 4 is 38.6 Å². The van der Waals surface area contributed by atoms with Crippen LogP contribution >= 0.6 is 15.9 Å². The van der Waals surface area contributed by atoms with E-state index in [9.17, 15) is 4.79 Å². The number of hydrogen-bond acceptors (Lipinski definition) is 3. The first-order valence-corrected chi connectivity index (χ1v) is 7.97.